The normalized spacial score (nSPS) is 16.6. The van der Waals surface area contributed by atoms with E-state index in [2.05, 4.69) is 17.0 Å². The van der Waals surface area contributed by atoms with Crippen LogP contribution in [0.25, 0.3) is 0 Å². The van der Waals surface area contributed by atoms with Crippen LogP contribution in [0.15, 0.2) is 12.1 Å². The Labute approximate surface area is 120 Å². The van der Waals surface area contributed by atoms with Crippen molar-refractivity contribution in [2.45, 2.75) is 19.0 Å². The van der Waals surface area contributed by atoms with Crippen LogP contribution in [0.1, 0.15) is 11.1 Å². The molecule has 0 amide bonds. The maximum absolute atomic E-state index is 6.03. The van der Waals surface area contributed by atoms with Crippen LogP contribution < -0.4 is 15.2 Å². The minimum atomic E-state index is 0.0571. The summed E-state index contributed by atoms with van der Waals surface area (Å²) in [6.07, 6.45) is 1.01. The van der Waals surface area contributed by atoms with Gasteiger partial charge in [-0.05, 0) is 29.7 Å². The van der Waals surface area contributed by atoms with Gasteiger partial charge in [-0.15, -0.1) is 0 Å². The summed E-state index contributed by atoms with van der Waals surface area (Å²) in [4.78, 5) is 2.36. The lowest BCUT2D eigenvalue weighted by Gasteiger charge is -2.31. The molecule has 1 heterocycles. The van der Waals surface area contributed by atoms with Gasteiger partial charge in [0.1, 0.15) is 0 Å². The predicted molar refractivity (Wildman–Crippen MR) is 78.4 cm³/mol. The van der Waals surface area contributed by atoms with Gasteiger partial charge in [0.15, 0.2) is 11.5 Å². The van der Waals surface area contributed by atoms with E-state index < -0.39 is 0 Å². The topological polar surface area (TPSA) is 57.0 Å². The molecule has 1 aromatic carbocycles. The minimum absolute atomic E-state index is 0.0571. The Morgan fingerprint density at radius 1 is 1.15 bits per heavy atom. The van der Waals surface area contributed by atoms with Gasteiger partial charge in [0.2, 0.25) is 0 Å². The van der Waals surface area contributed by atoms with Gasteiger partial charge >= 0.3 is 0 Å². The molecular formula is C15H24N2O3. The van der Waals surface area contributed by atoms with Gasteiger partial charge in [0.25, 0.3) is 0 Å². The maximum Gasteiger partial charge on any atom is 0.161 e. The van der Waals surface area contributed by atoms with Crippen LogP contribution in [0, 0.1) is 0 Å². The molecule has 0 bridgehead atoms. The third-order valence-electron chi connectivity index (χ3n) is 3.67. The molecule has 0 saturated carbocycles. The van der Waals surface area contributed by atoms with E-state index in [4.69, 9.17) is 19.9 Å². The molecule has 0 fully saturated rings. The first kappa shape index (κ1) is 15.1. The summed E-state index contributed by atoms with van der Waals surface area (Å²) in [6, 6.07) is 4.21. The van der Waals surface area contributed by atoms with Gasteiger partial charge in [0.05, 0.1) is 20.8 Å². The van der Waals surface area contributed by atoms with Gasteiger partial charge in [-0.3, -0.25) is 4.90 Å². The van der Waals surface area contributed by atoms with E-state index in [0.717, 1.165) is 37.6 Å². The van der Waals surface area contributed by atoms with E-state index in [-0.39, 0.29) is 6.04 Å². The Morgan fingerprint density at radius 2 is 1.80 bits per heavy atom. The second-order valence-corrected chi connectivity index (χ2v) is 5.18. The lowest BCUT2D eigenvalue weighted by Crippen LogP contribution is -2.42. The highest BCUT2D eigenvalue weighted by atomic mass is 16.5. The third kappa shape index (κ3) is 3.42. The molecule has 2 N–H and O–H groups in total. The van der Waals surface area contributed by atoms with E-state index in [1.165, 1.54) is 11.1 Å². The number of methoxy groups -OCH3 is 3. The molecule has 1 unspecified atom stereocenters. The number of hydrogen-bond acceptors (Lipinski definition) is 5. The average molecular weight is 280 g/mol. The van der Waals surface area contributed by atoms with Crippen LogP contribution in [-0.2, 0) is 17.7 Å². The molecule has 1 aliphatic rings. The first-order chi connectivity index (χ1) is 9.67. The fourth-order valence-electron chi connectivity index (χ4n) is 2.70. The maximum atomic E-state index is 6.03. The average Bonchev–Trinajstić information content (AvgIpc) is 2.45. The molecule has 0 radical (unpaired) electrons. The lowest BCUT2D eigenvalue weighted by atomic mass is 9.98. The van der Waals surface area contributed by atoms with Crippen LogP contribution in [0.3, 0.4) is 0 Å². The summed E-state index contributed by atoms with van der Waals surface area (Å²) in [5.41, 5.74) is 8.65. The highest BCUT2D eigenvalue weighted by Crippen LogP contribution is 2.33. The Bertz CT molecular complexity index is 451. The van der Waals surface area contributed by atoms with Crippen molar-refractivity contribution in [2.24, 2.45) is 5.73 Å². The molecule has 2 rings (SSSR count). The Hall–Kier alpha value is -1.30. The zero-order valence-corrected chi connectivity index (χ0v) is 12.5. The summed E-state index contributed by atoms with van der Waals surface area (Å²) in [7, 11) is 5.02. The number of benzene rings is 1. The van der Waals surface area contributed by atoms with Crippen molar-refractivity contribution in [3.63, 3.8) is 0 Å². The highest BCUT2D eigenvalue weighted by Gasteiger charge is 2.20. The Morgan fingerprint density at radius 3 is 2.40 bits per heavy atom. The first-order valence-electron chi connectivity index (χ1n) is 6.88. The fraction of sp³-hybridized carbons (Fsp3) is 0.600. The molecule has 1 atom stereocenters. The molecule has 1 aliphatic heterocycles. The van der Waals surface area contributed by atoms with Crippen molar-refractivity contribution in [2.75, 3.05) is 41.0 Å². The van der Waals surface area contributed by atoms with E-state index >= 15 is 0 Å². The molecule has 1 aromatic rings. The third-order valence-corrected chi connectivity index (χ3v) is 3.67. The Balaban J connectivity index is 2.09. The highest BCUT2D eigenvalue weighted by molar-refractivity contribution is 5.48. The molecule has 112 valence electrons. The number of rotatable bonds is 6. The second kappa shape index (κ2) is 6.92. The van der Waals surface area contributed by atoms with Crippen LogP contribution in [-0.4, -0.2) is 52.0 Å². The van der Waals surface area contributed by atoms with Crippen LogP contribution in [0.2, 0.25) is 0 Å². The van der Waals surface area contributed by atoms with E-state index in [9.17, 15) is 0 Å². The molecule has 0 spiro atoms. The van der Waals surface area contributed by atoms with E-state index in [1.807, 2.05) is 0 Å². The second-order valence-electron chi connectivity index (χ2n) is 5.18. The standard InChI is InChI=1S/C15H24N2O3/c1-18-10-13(16)9-17-5-4-11-6-14(19-2)15(20-3)7-12(11)8-17/h6-7,13H,4-5,8-10,16H2,1-3H3. The molecule has 20 heavy (non-hydrogen) atoms. The van der Waals surface area contributed by atoms with Gasteiger partial charge in [-0.2, -0.15) is 0 Å². The predicted octanol–water partition coefficient (Wildman–Crippen LogP) is 1.04. The summed E-state index contributed by atoms with van der Waals surface area (Å²) < 4.78 is 15.8. The molecule has 0 saturated heterocycles. The lowest BCUT2D eigenvalue weighted by molar-refractivity contribution is 0.148. The summed E-state index contributed by atoms with van der Waals surface area (Å²) >= 11 is 0. The molecule has 5 nitrogen and oxygen atoms in total. The smallest absolute Gasteiger partial charge is 0.161 e. The number of nitrogens with two attached hydrogens (primary N) is 1. The SMILES string of the molecule is COCC(N)CN1CCc2cc(OC)c(OC)cc2C1. The van der Waals surface area contributed by atoms with Crippen LogP contribution in [0.5, 0.6) is 11.5 Å². The first-order valence-corrected chi connectivity index (χ1v) is 6.88. The fourth-order valence-corrected chi connectivity index (χ4v) is 2.70. The van der Waals surface area contributed by atoms with Crippen LogP contribution >= 0.6 is 0 Å². The van der Waals surface area contributed by atoms with Crippen LogP contribution in [0.4, 0.5) is 0 Å². The number of fused-ring (bicyclic) bond motifs is 1. The number of hydrogen-bond donors (Lipinski definition) is 1. The zero-order valence-electron chi connectivity index (χ0n) is 12.5. The van der Waals surface area contributed by atoms with Gasteiger partial charge in [0, 0.05) is 32.8 Å². The van der Waals surface area contributed by atoms with E-state index in [0.29, 0.717) is 6.61 Å². The summed E-state index contributed by atoms with van der Waals surface area (Å²) in [5, 5.41) is 0. The van der Waals surface area contributed by atoms with Crippen molar-refractivity contribution < 1.29 is 14.2 Å². The van der Waals surface area contributed by atoms with Crippen molar-refractivity contribution in [1.29, 1.82) is 0 Å². The largest absolute Gasteiger partial charge is 0.493 e. The quantitative estimate of drug-likeness (QED) is 0.843. The van der Waals surface area contributed by atoms with Crippen molar-refractivity contribution in [1.82, 2.24) is 4.90 Å². The molecule has 5 heteroatoms. The molecule has 0 aliphatic carbocycles. The number of nitrogens with zero attached hydrogens (tertiary/aromatic N) is 1. The molecular weight excluding hydrogens is 256 g/mol. The Kier molecular flexibility index (Phi) is 5.23. The molecule has 0 aromatic heterocycles. The van der Waals surface area contributed by atoms with Crippen molar-refractivity contribution in [3.05, 3.63) is 23.3 Å². The zero-order chi connectivity index (χ0) is 14.5. The monoisotopic (exact) mass is 280 g/mol. The minimum Gasteiger partial charge on any atom is -0.493 e. The summed E-state index contributed by atoms with van der Waals surface area (Å²) in [5.74, 6) is 1.59. The van der Waals surface area contributed by atoms with Gasteiger partial charge in [-0.25, -0.2) is 0 Å². The van der Waals surface area contributed by atoms with Gasteiger partial charge < -0.3 is 19.9 Å². The van der Waals surface area contributed by atoms with E-state index in [1.54, 1.807) is 21.3 Å². The van der Waals surface area contributed by atoms with Crippen molar-refractivity contribution in [3.8, 4) is 11.5 Å². The van der Waals surface area contributed by atoms with Gasteiger partial charge in [-0.1, -0.05) is 0 Å². The summed E-state index contributed by atoms with van der Waals surface area (Å²) in [6.45, 7) is 3.35. The van der Waals surface area contributed by atoms with Crippen molar-refractivity contribution >= 4 is 0 Å². The number of ether oxygens (including phenoxy) is 3.